The van der Waals surface area contributed by atoms with Crippen LogP contribution in [0.5, 0.6) is 0 Å². The highest BCUT2D eigenvalue weighted by Crippen LogP contribution is 2.12. The lowest BCUT2D eigenvalue weighted by Crippen LogP contribution is -2.29. The van der Waals surface area contributed by atoms with Crippen LogP contribution >= 0.6 is 11.6 Å². The van der Waals surface area contributed by atoms with Gasteiger partial charge >= 0.3 is 0 Å². The number of nitrogens with one attached hydrogen (secondary N) is 2. The van der Waals surface area contributed by atoms with E-state index in [2.05, 4.69) is 10.6 Å². The van der Waals surface area contributed by atoms with Gasteiger partial charge < -0.3 is 10.6 Å². The maximum Gasteiger partial charge on any atom is 0.239 e. The Morgan fingerprint density at radius 3 is 2.29 bits per heavy atom. The highest BCUT2D eigenvalue weighted by Gasteiger charge is 2.04. The van der Waals surface area contributed by atoms with E-state index < -0.39 is 11.6 Å². The first-order valence-electron chi connectivity index (χ1n) is 6.24. The first kappa shape index (κ1) is 15.3. The summed E-state index contributed by atoms with van der Waals surface area (Å²) < 4.78 is 25.9. The van der Waals surface area contributed by atoms with Crippen LogP contribution < -0.4 is 10.6 Å². The van der Waals surface area contributed by atoms with Gasteiger partial charge in [-0.25, -0.2) is 8.78 Å². The van der Waals surface area contributed by atoms with Gasteiger partial charge in [0.2, 0.25) is 5.91 Å². The van der Waals surface area contributed by atoms with Gasteiger partial charge in [-0.2, -0.15) is 0 Å². The van der Waals surface area contributed by atoms with Gasteiger partial charge in [-0.1, -0.05) is 23.7 Å². The Bertz CT molecular complexity index is 612. The van der Waals surface area contributed by atoms with Crippen LogP contribution in [0.3, 0.4) is 0 Å². The van der Waals surface area contributed by atoms with Crippen LogP contribution in [0.25, 0.3) is 0 Å². The fourth-order valence-electron chi connectivity index (χ4n) is 1.70. The van der Waals surface area contributed by atoms with E-state index in [1.54, 1.807) is 24.3 Å². The highest BCUT2D eigenvalue weighted by atomic mass is 35.5. The molecule has 0 saturated carbocycles. The van der Waals surface area contributed by atoms with E-state index >= 15 is 0 Å². The molecule has 21 heavy (non-hydrogen) atoms. The van der Waals surface area contributed by atoms with Gasteiger partial charge in [-0.3, -0.25) is 4.79 Å². The van der Waals surface area contributed by atoms with Crippen molar-refractivity contribution >= 4 is 23.2 Å². The Hall–Kier alpha value is -2.14. The Balaban J connectivity index is 1.80. The Morgan fingerprint density at radius 2 is 1.67 bits per heavy atom. The summed E-state index contributed by atoms with van der Waals surface area (Å²) in [5.74, 6) is -1.67. The molecule has 0 aromatic heterocycles. The second kappa shape index (κ2) is 7.04. The Morgan fingerprint density at radius 1 is 1.05 bits per heavy atom. The van der Waals surface area contributed by atoms with Gasteiger partial charge in [0.1, 0.15) is 11.6 Å². The van der Waals surface area contributed by atoms with E-state index in [0.717, 1.165) is 23.8 Å². The van der Waals surface area contributed by atoms with Crippen LogP contribution in [0, 0.1) is 11.6 Å². The molecule has 2 aromatic rings. The largest absolute Gasteiger partial charge is 0.376 e. The van der Waals surface area contributed by atoms with Crippen LogP contribution in [-0.4, -0.2) is 12.5 Å². The number of rotatable bonds is 5. The molecule has 0 fully saturated rings. The number of hydrogen-bond donors (Lipinski definition) is 2. The van der Waals surface area contributed by atoms with Crippen molar-refractivity contribution in [2.45, 2.75) is 6.54 Å². The third kappa shape index (κ3) is 5.04. The van der Waals surface area contributed by atoms with Crippen molar-refractivity contribution in [2.75, 3.05) is 11.9 Å². The van der Waals surface area contributed by atoms with Gasteiger partial charge in [0.15, 0.2) is 0 Å². The average molecular weight is 311 g/mol. The Labute approximate surface area is 125 Å². The van der Waals surface area contributed by atoms with Crippen LogP contribution in [-0.2, 0) is 11.3 Å². The molecule has 0 aliphatic rings. The molecule has 0 unspecified atom stereocenters. The lowest BCUT2D eigenvalue weighted by Gasteiger charge is -2.08. The second-order valence-corrected chi connectivity index (χ2v) is 4.85. The molecule has 0 saturated heterocycles. The van der Waals surface area contributed by atoms with Crippen molar-refractivity contribution in [1.29, 1.82) is 0 Å². The summed E-state index contributed by atoms with van der Waals surface area (Å²) in [4.78, 5) is 11.6. The van der Waals surface area contributed by atoms with Crippen molar-refractivity contribution in [2.24, 2.45) is 0 Å². The zero-order valence-corrected chi connectivity index (χ0v) is 11.8. The number of amides is 1. The molecular weight excluding hydrogens is 298 g/mol. The smallest absolute Gasteiger partial charge is 0.239 e. The van der Waals surface area contributed by atoms with E-state index in [1.807, 2.05) is 0 Å². The number of carbonyl (C=O) groups excluding carboxylic acids is 1. The van der Waals surface area contributed by atoms with Crippen molar-refractivity contribution < 1.29 is 13.6 Å². The molecule has 1 amide bonds. The molecule has 0 aliphatic heterocycles. The molecule has 110 valence electrons. The zero-order chi connectivity index (χ0) is 15.2. The minimum Gasteiger partial charge on any atom is -0.376 e. The van der Waals surface area contributed by atoms with E-state index in [0.29, 0.717) is 11.6 Å². The van der Waals surface area contributed by atoms with Crippen molar-refractivity contribution in [1.82, 2.24) is 5.32 Å². The number of benzene rings is 2. The van der Waals surface area contributed by atoms with Crippen molar-refractivity contribution in [3.05, 3.63) is 64.7 Å². The molecule has 3 nitrogen and oxygen atoms in total. The van der Waals surface area contributed by atoms with Crippen LogP contribution in [0.4, 0.5) is 14.5 Å². The summed E-state index contributed by atoms with van der Waals surface area (Å²) in [7, 11) is 0. The first-order chi connectivity index (χ1) is 10.0. The van der Waals surface area contributed by atoms with E-state index in [9.17, 15) is 13.6 Å². The minimum atomic E-state index is -0.695. The lowest BCUT2D eigenvalue weighted by atomic mass is 10.2. The molecule has 0 spiro atoms. The van der Waals surface area contributed by atoms with Crippen LogP contribution in [0.1, 0.15) is 5.56 Å². The predicted molar refractivity (Wildman–Crippen MR) is 78.1 cm³/mol. The number of hydrogen-bond acceptors (Lipinski definition) is 2. The zero-order valence-electron chi connectivity index (χ0n) is 11.0. The highest BCUT2D eigenvalue weighted by molar-refractivity contribution is 6.30. The summed E-state index contributed by atoms with van der Waals surface area (Å²) in [6, 6.07) is 10.1. The number of halogens is 3. The summed E-state index contributed by atoms with van der Waals surface area (Å²) in [6.07, 6.45) is 0. The first-order valence-corrected chi connectivity index (χ1v) is 6.62. The van der Waals surface area contributed by atoms with Crippen molar-refractivity contribution in [3.63, 3.8) is 0 Å². The molecule has 2 N–H and O–H groups in total. The predicted octanol–water partition coefficient (Wildman–Crippen LogP) is 3.35. The van der Waals surface area contributed by atoms with Crippen LogP contribution in [0.15, 0.2) is 42.5 Å². The third-order valence-corrected chi connectivity index (χ3v) is 2.97. The van der Waals surface area contributed by atoms with E-state index in [-0.39, 0.29) is 18.1 Å². The quantitative estimate of drug-likeness (QED) is 0.889. The molecule has 0 aliphatic carbocycles. The summed E-state index contributed by atoms with van der Waals surface area (Å²) in [5, 5.41) is 5.97. The summed E-state index contributed by atoms with van der Waals surface area (Å²) >= 11 is 5.76. The van der Waals surface area contributed by atoms with Gasteiger partial charge in [-0.05, 0) is 29.8 Å². The van der Waals surface area contributed by atoms with Crippen molar-refractivity contribution in [3.8, 4) is 0 Å². The fraction of sp³-hybridized carbons (Fsp3) is 0.133. The molecule has 2 rings (SSSR count). The normalized spacial score (nSPS) is 10.2. The van der Waals surface area contributed by atoms with E-state index in [1.165, 1.54) is 0 Å². The van der Waals surface area contributed by atoms with Gasteiger partial charge in [0.05, 0.1) is 6.54 Å². The maximum atomic E-state index is 13.0. The fourth-order valence-corrected chi connectivity index (χ4v) is 1.83. The molecule has 0 heterocycles. The summed E-state index contributed by atoms with van der Waals surface area (Å²) in [6.45, 7) is 0.283. The molecule has 0 radical (unpaired) electrons. The molecule has 0 bridgehead atoms. The lowest BCUT2D eigenvalue weighted by molar-refractivity contribution is -0.119. The molecule has 0 atom stereocenters. The summed E-state index contributed by atoms with van der Waals surface area (Å²) in [5.41, 5.74) is 1.12. The number of anilines is 1. The SMILES string of the molecule is O=C(CNc1cc(F)cc(F)c1)NCc1ccc(Cl)cc1. The van der Waals surface area contributed by atoms with E-state index in [4.69, 9.17) is 11.6 Å². The molecule has 6 heteroatoms. The second-order valence-electron chi connectivity index (χ2n) is 4.41. The standard InChI is InChI=1S/C15H13ClF2N2O/c16-11-3-1-10(2-4-11)8-20-15(21)9-19-14-6-12(17)5-13(18)7-14/h1-7,19H,8-9H2,(H,20,21). The Kier molecular flexibility index (Phi) is 5.11. The topological polar surface area (TPSA) is 41.1 Å². The molecular formula is C15H13ClF2N2O. The van der Waals surface area contributed by atoms with Gasteiger partial charge in [0, 0.05) is 23.3 Å². The number of carbonyl (C=O) groups is 1. The van der Waals surface area contributed by atoms with Gasteiger partial charge in [-0.15, -0.1) is 0 Å². The van der Waals surface area contributed by atoms with Gasteiger partial charge in [0.25, 0.3) is 0 Å². The monoisotopic (exact) mass is 310 g/mol. The third-order valence-electron chi connectivity index (χ3n) is 2.72. The molecule has 2 aromatic carbocycles. The maximum absolute atomic E-state index is 13.0. The van der Waals surface area contributed by atoms with Crippen LogP contribution in [0.2, 0.25) is 5.02 Å². The average Bonchev–Trinajstić information content (AvgIpc) is 2.43. The minimum absolute atomic E-state index is 0.0729.